The number of hydrogen-bond acceptors (Lipinski definition) is 5. The molecule has 7 heteroatoms. The van der Waals surface area contributed by atoms with E-state index in [0.29, 0.717) is 17.9 Å². The van der Waals surface area contributed by atoms with Gasteiger partial charge in [-0.05, 0) is 0 Å². The van der Waals surface area contributed by atoms with Crippen LogP contribution < -0.4 is 5.32 Å². The molecule has 1 aliphatic heterocycles. The molecule has 0 saturated carbocycles. The molecule has 1 heterocycles. The third kappa shape index (κ3) is 1.98. The number of benzene rings is 1. The van der Waals surface area contributed by atoms with Crippen LogP contribution in [0.1, 0.15) is 5.56 Å². The summed E-state index contributed by atoms with van der Waals surface area (Å²) in [6, 6.07) is 5.74. The van der Waals surface area contributed by atoms with Crippen molar-refractivity contribution >= 4 is 23.4 Å². The highest BCUT2D eigenvalue weighted by Gasteiger charge is 2.44. The summed E-state index contributed by atoms with van der Waals surface area (Å²) in [4.78, 5) is 20.2. The van der Waals surface area contributed by atoms with E-state index in [1.807, 2.05) is 0 Å². The predicted octanol–water partition coefficient (Wildman–Crippen LogP) is 1.17. The molecular weight excluding hydrogens is 244 g/mol. The zero-order valence-corrected chi connectivity index (χ0v) is 9.57. The SMILES string of the molecule is O=C(O)C1(c2cccc([N+](=O)[O-])c2)NCCS1. The zero-order chi connectivity index (χ0) is 12.5. The first-order chi connectivity index (χ1) is 8.06. The van der Waals surface area contributed by atoms with Gasteiger partial charge in [0.05, 0.1) is 4.92 Å². The summed E-state index contributed by atoms with van der Waals surface area (Å²) >= 11 is 1.24. The van der Waals surface area contributed by atoms with Gasteiger partial charge in [-0.15, -0.1) is 11.8 Å². The van der Waals surface area contributed by atoms with E-state index in [1.54, 1.807) is 6.07 Å². The Bertz CT molecular complexity index is 471. The summed E-state index contributed by atoms with van der Waals surface area (Å²) in [7, 11) is 0. The lowest BCUT2D eigenvalue weighted by atomic mass is 10.1. The van der Waals surface area contributed by atoms with Crippen molar-refractivity contribution in [2.45, 2.75) is 4.87 Å². The van der Waals surface area contributed by atoms with E-state index in [-0.39, 0.29) is 5.69 Å². The second-order valence-corrected chi connectivity index (χ2v) is 4.88. The summed E-state index contributed by atoms with van der Waals surface area (Å²) in [5.74, 6) is -0.366. The maximum atomic E-state index is 11.4. The monoisotopic (exact) mass is 254 g/mol. The summed E-state index contributed by atoms with van der Waals surface area (Å²) in [6.45, 7) is 0.569. The molecule has 1 atom stereocenters. The summed E-state index contributed by atoms with van der Waals surface area (Å²) < 4.78 is 0. The lowest BCUT2D eigenvalue weighted by Crippen LogP contribution is -2.42. The van der Waals surface area contributed by atoms with Gasteiger partial charge in [0, 0.05) is 30.0 Å². The molecule has 1 aromatic carbocycles. The largest absolute Gasteiger partial charge is 0.479 e. The van der Waals surface area contributed by atoms with Crippen molar-refractivity contribution in [3.8, 4) is 0 Å². The van der Waals surface area contributed by atoms with Gasteiger partial charge in [0.15, 0.2) is 4.87 Å². The fourth-order valence-electron chi connectivity index (χ4n) is 1.77. The van der Waals surface area contributed by atoms with Gasteiger partial charge in [-0.25, -0.2) is 4.79 Å². The van der Waals surface area contributed by atoms with E-state index in [0.717, 1.165) is 0 Å². The summed E-state index contributed by atoms with van der Waals surface area (Å²) in [5, 5.41) is 22.9. The first kappa shape index (κ1) is 11.9. The number of hydrogen-bond donors (Lipinski definition) is 2. The molecule has 2 rings (SSSR count). The molecule has 2 N–H and O–H groups in total. The fraction of sp³-hybridized carbons (Fsp3) is 0.300. The van der Waals surface area contributed by atoms with E-state index < -0.39 is 15.8 Å². The van der Waals surface area contributed by atoms with E-state index in [1.165, 1.54) is 30.0 Å². The topological polar surface area (TPSA) is 92.5 Å². The second kappa shape index (κ2) is 4.34. The van der Waals surface area contributed by atoms with Gasteiger partial charge in [0.2, 0.25) is 0 Å². The van der Waals surface area contributed by atoms with Gasteiger partial charge in [-0.3, -0.25) is 15.4 Å². The molecule has 0 bridgehead atoms. The average Bonchev–Trinajstić information content (AvgIpc) is 2.79. The van der Waals surface area contributed by atoms with Gasteiger partial charge in [0.25, 0.3) is 5.69 Å². The Morgan fingerprint density at radius 3 is 2.88 bits per heavy atom. The molecule has 0 aromatic heterocycles. The van der Waals surface area contributed by atoms with Crippen molar-refractivity contribution < 1.29 is 14.8 Å². The number of rotatable bonds is 3. The second-order valence-electron chi connectivity index (χ2n) is 3.57. The molecule has 0 aliphatic carbocycles. The van der Waals surface area contributed by atoms with Gasteiger partial charge >= 0.3 is 5.97 Å². The summed E-state index contributed by atoms with van der Waals surface area (Å²) in [5.41, 5.74) is 0.305. The lowest BCUT2D eigenvalue weighted by molar-refractivity contribution is -0.384. The fourth-order valence-corrected chi connectivity index (χ4v) is 2.90. The van der Waals surface area contributed by atoms with Crippen LogP contribution in [0.4, 0.5) is 5.69 Å². The standard InChI is InChI=1S/C10H10N2O4S/c13-9(14)10(11-4-5-17-10)7-2-1-3-8(6-7)12(15)16/h1-3,6,11H,4-5H2,(H,13,14). The van der Waals surface area contributed by atoms with Crippen LogP contribution in [0.25, 0.3) is 0 Å². The van der Waals surface area contributed by atoms with Crippen LogP contribution in [0.3, 0.4) is 0 Å². The first-order valence-electron chi connectivity index (χ1n) is 4.93. The Kier molecular flexibility index (Phi) is 3.03. The minimum absolute atomic E-state index is 0.0996. The number of nitrogens with one attached hydrogen (secondary N) is 1. The number of aliphatic carboxylic acids is 1. The number of nitro benzene ring substituents is 1. The van der Waals surface area contributed by atoms with Crippen molar-refractivity contribution in [3.63, 3.8) is 0 Å². The molecule has 17 heavy (non-hydrogen) atoms. The molecule has 0 amide bonds. The van der Waals surface area contributed by atoms with E-state index in [9.17, 15) is 20.0 Å². The minimum Gasteiger partial charge on any atom is -0.479 e. The molecule has 0 spiro atoms. The number of non-ortho nitro benzene ring substituents is 1. The number of carboxylic acids is 1. The lowest BCUT2D eigenvalue weighted by Gasteiger charge is -2.23. The van der Waals surface area contributed by atoms with Gasteiger partial charge in [-0.2, -0.15) is 0 Å². The molecule has 1 aromatic rings. The molecule has 6 nitrogen and oxygen atoms in total. The maximum absolute atomic E-state index is 11.4. The summed E-state index contributed by atoms with van der Waals surface area (Å²) in [6.07, 6.45) is 0. The van der Waals surface area contributed by atoms with Crippen molar-refractivity contribution in [1.82, 2.24) is 5.32 Å². The molecule has 1 aliphatic rings. The van der Waals surface area contributed by atoms with Crippen molar-refractivity contribution in [1.29, 1.82) is 0 Å². The number of carboxylic acid groups (broad SMARTS) is 1. The number of thioether (sulfide) groups is 1. The number of nitro groups is 1. The van der Waals surface area contributed by atoms with Crippen LogP contribution in [0, 0.1) is 10.1 Å². The highest BCUT2D eigenvalue weighted by atomic mass is 32.2. The van der Waals surface area contributed by atoms with Crippen LogP contribution in [-0.4, -0.2) is 28.3 Å². The molecular formula is C10H10N2O4S. The third-order valence-corrected chi connectivity index (χ3v) is 3.96. The van der Waals surface area contributed by atoms with Crippen LogP contribution >= 0.6 is 11.8 Å². The Hall–Kier alpha value is -1.60. The van der Waals surface area contributed by atoms with E-state index in [4.69, 9.17) is 0 Å². The zero-order valence-electron chi connectivity index (χ0n) is 8.75. The van der Waals surface area contributed by atoms with E-state index in [2.05, 4.69) is 5.32 Å². The van der Waals surface area contributed by atoms with Crippen molar-refractivity contribution in [2.24, 2.45) is 0 Å². The van der Waals surface area contributed by atoms with Gasteiger partial charge in [-0.1, -0.05) is 12.1 Å². The molecule has 90 valence electrons. The highest BCUT2D eigenvalue weighted by molar-refractivity contribution is 8.01. The first-order valence-corrected chi connectivity index (χ1v) is 5.92. The quantitative estimate of drug-likeness (QED) is 0.621. The van der Waals surface area contributed by atoms with Crippen molar-refractivity contribution in [3.05, 3.63) is 39.9 Å². The molecule has 1 unspecified atom stereocenters. The Balaban J connectivity index is 2.47. The highest BCUT2D eigenvalue weighted by Crippen LogP contribution is 2.38. The van der Waals surface area contributed by atoms with Crippen LogP contribution in [0.15, 0.2) is 24.3 Å². The molecule has 1 fully saturated rings. The maximum Gasteiger partial charge on any atom is 0.339 e. The van der Waals surface area contributed by atoms with Gasteiger partial charge < -0.3 is 5.11 Å². The average molecular weight is 254 g/mol. The van der Waals surface area contributed by atoms with Gasteiger partial charge in [0.1, 0.15) is 0 Å². The van der Waals surface area contributed by atoms with Crippen molar-refractivity contribution in [2.75, 3.05) is 12.3 Å². The third-order valence-electron chi connectivity index (χ3n) is 2.56. The smallest absolute Gasteiger partial charge is 0.339 e. The predicted molar refractivity (Wildman–Crippen MR) is 62.9 cm³/mol. The van der Waals surface area contributed by atoms with E-state index >= 15 is 0 Å². The van der Waals surface area contributed by atoms with Crippen LogP contribution in [0.5, 0.6) is 0 Å². The number of carbonyl (C=O) groups is 1. The molecule has 1 saturated heterocycles. The Morgan fingerprint density at radius 2 is 2.35 bits per heavy atom. The van der Waals surface area contributed by atoms with Crippen LogP contribution in [-0.2, 0) is 9.67 Å². The number of nitrogens with zero attached hydrogens (tertiary/aromatic N) is 1. The molecule has 0 radical (unpaired) electrons. The minimum atomic E-state index is -1.26. The Labute approximate surface area is 101 Å². The van der Waals surface area contributed by atoms with Crippen LogP contribution in [0.2, 0.25) is 0 Å². The normalized spacial score (nSPS) is 23.5. The Morgan fingerprint density at radius 1 is 1.59 bits per heavy atom.